The number of rotatable bonds is 1. The Bertz CT molecular complexity index is 1340. The van der Waals surface area contributed by atoms with Crippen molar-refractivity contribution in [1.82, 2.24) is 0 Å². The van der Waals surface area contributed by atoms with Crippen LogP contribution >= 0.6 is 0 Å². The molecule has 1 atom stereocenters. The van der Waals surface area contributed by atoms with E-state index < -0.39 is 22.7 Å². The lowest BCUT2D eigenvalue weighted by atomic mass is 9.88. The molecule has 1 aromatic heterocycles. The molecule has 3 aromatic rings. The minimum atomic E-state index is -1.45. The van der Waals surface area contributed by atoms with Gasteiger partial charge in [-0.3, -0.25) is 4.79 Å². The fourth-order valence-electron chi connectivity index (χ4n) is 4.12. The van der Waals surface area contributed by atoms with Gasteiger partial charge in [0.05, 0.1) is 16.7 Å². The monoisotopic (exact) mass is 422 g/mol. The molecule has 3 heterocycles. The van der Waals surface area contributed by atoms with Crippen LogP contribution in [0.3, 0.4) is 0 Å². The Labute approximate surface area is 177 Å². The minimum Gasteiger partial charge on any atom is -0.508 e. The summed E-state index contributed by atoms with van der Waals surface area (Å²) in [6, 6.07) is 5.86. The number of phenolic OH excluding ortho intramolecular Hbond substituents is 2. The average molecular weight is 422 g/mol. The van der Waals surface area contributed by atoms with Crippen LogP contribution in [0.4, 0.5) is 0 Å². The molecular formula is C24H22O7. The number of aromatic hydroxyl groups is 2. The van der Waals surface area contributed by atoms with Gasteiger partial charge >= 0.3 is 0 Å². The Morgan fingerprint density at radius 1 is 1.10 bits per heavy atom. The molecule has 0 fully saturated rings. The highest BCUT2D eigenvalue weighted by atomic mass is 16.5. The van der Waals surface area contributed by atoms with Gasteiger partial charge in [-0.15, -0.1) is 0 Å². The van der Waals surface area contributed by atoms with Crippen LogP contribution in [0.15, 0.2) is 39.6 Å². The molecule has 2 aromatic carbocycles. The normalized spacial score (nSPS) is 18.5. The van der Waals surface area contributed by atoms with E-state index in [1.165, 1.54) is 32.0 Å². The van der Waals surface area contributed by atoms with E-state index in [1.807, 2.05) is 19.9 Å². The Balaban J connectivity index is 1.91. The van der Waals surface area contributed by atoms with Crippen LogP contribution in [0.1, 0.15) is 44.9 Å². The fraction of sp³-hybridized carbons (Fsp3) is 0.292. The molecule has 0 bridgehead atoms. The first-order valence-electron chi connectivity index (χ1n) is 9.93. The number of phenols is 2. The zero-order valence-electron chi connectivity index (χ0n) is 17.5. The predicted molar refractivity (Wildman–Crippen MR) is 115 cm³/mol. The highest BCUT2D eigenvalue weighted by Gasteiger charge is 2.41. The molecule has 2 aliphatic rings. The summed E-state index contributed by atoms with van der Waals surface area (Å²) in [6.07, 6.45) is 2.58. The maximum absolute atomic E-state index is 13.6. The summed E-state index contributed by atoms with van der Waals surface area (Å²) >= 11 is 0. The highest BCUT2D eigenvalue weighted by Crippen LogP contribution is 2.49. The second-order valence-corrected chi connectivity index (χ2v) is 9.06. The molecule has 2 aliphatic heterocycles. The Kier molecular flexibility index (Phi) is 3.80. The molecule has 0 amide bonds. The lowest BCUT2D eigenvalue weighted by molar-refractivity contribution is -0.0379. The van der Waals surface area contributed by atoms with Crippen molar-refractivity contribution in [2.24, 2.45) is 0 Å². The predicted octanol–water partition coefficient (Wildman–Crippen LogP) is 4.26. The molecule has 0 aliphatic carbocycles. The zero-order valence-corrected chi connectivity index (χ0v) is 17.5. The average Bonchev–Trinajstić information content (AvgIpc) is 2.65. The molecule has 0 radical (unpaired) electrons. The molecule has 0 spiro atoms. The standard InChI is InChI=1S/C24H22O7/c1-23(2)8-7-13-16(31-23)10-14(26)17-19(27)18-21(30-20(13)17)12-6-5-11(25)9-15(12)29-22(18)24(3,4)28/h5-10,22,25-26,28H,1-4H3. The summed E-state index contributed by atoms with van der Waals surface area (Å²) < 4.78 is 18.1. The van der Waals surface area contributed by atoms with Gasteiger partial charge in [0.15, 0.2) is 11.7 Å². The SMILES string of the molecule is CC1(C)C=Cc2c(cc(O)c3c(=O)c4c(oc23)-c2ccc(O)cc2OC4C(C)(C)O)O1. The molecule has 31 heavy (non-hydrogen) atoms. The van der Waals surface area contributed by atoms with Gasteiger partial charge in [-0.25, -0.2) is 0 Å². The van der Waals surface area contributed by atoms with E-state index in [1.54, 1.807) is 12.1 Å². The topological polar surface area (TPSA) is 109 Å². The van der Waals surface area contributed by atoms with Crippen molar-refractivity contribution in [2.45, 2.75) is 45.0 Å². The number of fused-ring (bicyclic) bond motifs is 6. The molecular weight excluding hydrogens is 400 g/mol. The Morgan fingerprint density at radius 3 is 2.55 bits per heavy atom. The van der Waals surface area contributed by atoms with Gasteiger partial charge in [-0.05, 0) is 52.0 Å². The van der Waals surface area contributed by atoms with Crippen molar-refractivity contribution >= 4 is 17.0 Å². The van der Waals surface area contributed by atoms with Gasteiger partial charge in [0, 0.05) is 12.1 Å². The Morgan fingerprint density at radius 2 is 1.84 bits per heavy atom. The van der Waals surface area contributed by atoms with Crippen LogP contribution in [0.5, 0.6) is 23.0 Å². The van der Waals surface area contributed by atoms with Crippen molar-refractivity contribution in [3.05, 3.63) is 51.7 Å². The van der Waals surface area contributed by atoms with Crippen molar-refractivity contribution in [3.63, 3.8) is 0 Å². The number of benzene rings is 2. The first-order valence-corrected chi connectivity index (χ1v) is 9.93. The van der Waals surface area contributed by atoms with E-state index in [0.717, 1.165) is 0 Å². The maximum Gasteiger partial charge on any atom is 0.204 e. The van der Waals surface area contributed by atoms with Crippen molar-refractivity contribution < 1.29 is 29.2 Å². The largest absolute Gasteiger partial charge is 0.508 e. The van der Waals surface area contributed by atoms with Crippen LogP contribution in [0, 0.1) is 0 Å². The quantitative estimate of drug-likeness (QED) is 0.538. The third-order valence-electron chi connectivity index (χ3n) is 5.56. The molecule has 5 rings (SSSR count). The van der Waals surface area contributed by atoms with E-state index in [2.05, 4.69) is 0 Å². The van der Waals surface area contributed by atoms with E-state index >= 15 is 0 Å². The lowest BCUT2D eigenvalue weighted by Crippen LogP contribution is -2.38. The van der Waals surface area contributed by atoms with Crippen LogP contribution in [-0.4, -0.2) is 26.5 Å². The molecule has 7 heteroatoms. The van der Waals surface area contributed by atoms with Crippen LogP contribution < -0.4 is 14.9 Å². The van der Waals surface area contributed by atoms with Gasteiger partial charge in [0.25, 0.3) is 0 Å². The second-order valence-electron chi connectivity index (χ2n) is 9.06. The Hall–Kier alpha value is -3.45. The van der Waals surface area contributed by atoms with Crippen LogP contribution in [0.2, 0.25) is 0 Å². The number of hydrogen-bond donors (Lipinski definition) is 3. The first kappa shape index (κ1) is 19.5. The first-order chi connectivity index (χ1) is 14.5. The molecule has 0 saturated carbocycles. The van der Waals surface area contributed by atoms with Gasteiger partial charge in [-0.2, -0.15) is 0 Å². The van der Waals surface area contributed by atoms with Crippen molar-refractivity contribution in [1.29, 1.82) is 0 Å². The number of hydrogen-bond acceptors (Lipinski definition) is 7. The van der Waals surface area contributed by atoms with E-state index in [9.17, 15) is 20.1 Å². The summed E-state index contributed by atoms with van der Waals surface area (Å²) in [5, 5.41) is 31.3. The number of aliphatic hydroxyl groups is 1. The van der Waals surface area contributed by atoms with Crippen LogP contribution in [-0.2, 0) is 0 Å². The summed E-state index contributed by atoms with van der Waals surface area (Å²) in [6.45, 7) is 6.80. The number of ether oxygens (including phenoxy) is 2. The van der Waals surface area contributed by atoms with Crippen LogP contribution in [0.25, 0.3) is 28.4 Å². The summed E-state index contributed by atoms with van der Waals surface area (Å²) in [5.74, 6) is 0.606. The van der Waals surface area contributed by atoms with Crippen molar-refractivity contribution in [3.8, 4) is 34.3 Å². The highest BCUT2D eigenvalue weighted by molar-refractivity contribution is 5.95. The summed E-state index contributed by atoms with van der Waals surface area (Å²) in [7, 11) is 0. The molecule has 3 N–H and O–H groups in total. The summed E-state index contributed by atoms with van der Waals surface area (Å²) in [4.78, 5) is 13.6. The van der Waals surface area contributed by atoms with Crippen molar-refractivity contribution in [2.75, 3.05) is 0 Å². The third kappa shape index (κ3) is 2.88. The minimum absolute atomic E-state index is 0.00876. The van der Waals surface area contributed by atoms with E-state index in [4.69, 9.17) is 13.9 Å². The summed E-state index contributed by atoms with van der Waals surface area (Å²) in [5.41, 5.74) is -1.23. The van der Waals surface area contributed by atoms with E-state index in [0.29, 0.717) is 16.9 Å². The lowest BCUT2D eigenvalue weighted by Gasteiger charge is -2.35. The fourth-order valence-corrected chi connectivity index (χ4v) is 4.12. The zero-order chi connectivity index (χ0) is 22.3. The molecule has 160 valence electrons. The maximum atomic E-state index is 13.6. The van der Waals surface area contributed by atoms with E-state index in [-0.39, 0.29) is 39.5 Å². The van der Waals surface area contributed by atoms with Gasteiger partial charge in [-0.1, -0.05) is 0 Å². The van der Waals surface area contributed by atoms with Gasteiger partial charge in [0.1, 0.15) is 45.3 Å². The van der Waals surface area contributed by atoms with Gasteiger partial charge < -0.3 is 29.2 Å². The molecule has 1 unspecified atom stereocenters. The third-order valence-corrected chi connectivity index (χ3v) is 5.56. The molecule has 0 saturated heterocycles. The second kappa shape index (κ2) is 6.04. The smallest absolute Gasteiger partial charge is 0.204 e. The molecule has 7 nitrogen and oxygen atoms in total. The van der Waals surface area contributed by atoms with Gasteiger partial charge in [0.2, 0.25) is 5.43 Å².